The van der Waals surface area contributed by atoms with Gasteiger partial charge in [0.05, 0.1) is 19.0 Å². The molecule has 1 aliphatic rings. The summed E-state index contributed by atoms with van der Waals surface area (Å²) in [5.74, 6) is 0. The number of amides is 2. The van der Waals surface area contributed by atoms with Gasteiger partial charge in [-0.25, -0.2) is 4.79 Å². The summed E-state index contributed by atoms with van der Waals surface area (Å²) in [4.78, 5) is 18.8. The van der Waals surface area contributed by atoms with Crippen molar-refractivity contribution in [2.24, 2.45) is 0 Å². The normalized spacial score (nSPS) is 16.4. The zero-order valence-corrected chi connectivity index (χ0v) is 14.7. The molecule has 0 unspecified atom stereocenters. The molecular formula is C16H26N4OS. The number of anilines is 1. The number of carbonyl (C=O) groups is 1. The smallest absolute Gasteiger partial charge is 0.312 e. The van der Waals surface area contributed by atoms with E-state index in [2.05, 4.69) is 29.7 Å². The van der Waals surface area contributed by atoms with Gasteiger partial charge in [0.15, 0.2) is 0 Å². The summed E-state index contributed by atoms with van der Waals surface area (Å²) in [7, 11) is 0. The van der Waals surface area contributed by atoms with E-state index in [-0.39, 0.29) is 6.03 Å². The summed E-state index contributed by atoms with van der Waals surface area (Å²) in [6.07, 6.45) is 4.94. The number of nitrogens with zero attached hydrogens (tertiary/aromatic N) is 4. The predicted molar refractivity (Wildman–Crippen MR) is 92.4 cm³/mol. The molecule has 22 heavy (non-hydrogen) atoms. The molecular weight excluding hydrogens is 296 g/mol. The second kappa shape index (κ2) is 7.74. The maximum atomic E-state index is 12.7. The fraction of sp³-hybridized carbons (Fsp3) is 0.625. The Bertz CT molecular complexity index is 528. The number of allylic oxidation sites excluding steroid dienone is 1. The number of aromatic nitrogens is 1. The van der Waals surface area contributed by atoms with Gasteiger partial charge in [-0.05, 0) is 44.6 Å². The van der Waals surface area contributed by atoms with Gasteiger partial charge >= 0.3 is 6.03 Å². The fourth-order valence-electron chi connectivity index (χ4n) is 2.70. The zero-order valence-electron chi connectivity index (χ0n) is 13.8. The van der Waals surface area contributed by atoms with Crippen LogP contribution in [0.2, 0.25) is 0 Å². The van der Waals surface area contributed by atoms with Gasteiger partial charge in [-0.1, -0.05) is 13.0 Å². The van der Waals surface area contributed by atoms with Crippen molar-refractivity contribution in [2.75, 3.05) is 31.3 Å². The minimum atomic E-state index is 0.0943. The SMILES string of the molecule is C=CCCCN1CN(CC)C(=O)N(c2snc(CC)c2C)C1. The maximum Gasteiger partial charge on any atom is 0.327 e. The van der Waals surface area contributed by atoms with E-state index in [1.54, 1.807) is 0 Å². The Morgan fingerprint density at radius 2 is 2.14 bits per heavy atom. The van der Waals surface area contributed by atoms with Crippen LogP contribution in [0.1, 0.15) is 37.9 Å². The van der Waals surface area contributed by atoms with E-state index in [1.165, 1.54) is 11.5 Å². The van der Waals surface area contributed by atoms with E-state index >= 15 is 0 Å². The Hall–Kier alpha value is -1.40. The van der Waals surface area contributed by atoms with Crippen molar-refractivity contribution >= 4 is 22.6 Å². The first-order chi connectivity index (χ1) is 10.6. The number of hydrogen-bond donors (Lipinski definition) is 0. The van der Waals surface area contributed by atoms with E-state index in [0.29, 0.717) is 13.3 Å². The number of unbranched alkanes of at least 4 members (excludes halogenated alkanes) is 1. The van der Waals surface area contributed by atoms with E-state index in [0.717, 1.165) is 48.6 Å². The van der Waals surface area contributed by atoms with Crippen molar-refractivity contribution in [2.45, 2.75) is 40.0 Å². The van der Waals surface area contributed by atoms with Crippen LogP contribution in [0, 0.1) is 6.92 Å². The average molecular weight is 322 g/mol. The molecule has 0 saturated carbocycles. The van der Waals surface area contributed by atoms with Crippen molar-refractivity contribution in [3.05, 3.63) is 23.9 Å². The molecule has 0 spiro atoms. The molecule has 1 saturated heterocycles. The highest BCUT2D eigenvalue weighted by Crippen LogP contribution is 2.31. The average Bonchev–Trinajstić information content (AvgIpc) is 2.89. The molecule has 0 aliphatic carbocycles. The second-order valence-electron chi connectivity index (χ2n) is 5.59. The molecule has 1 aromatic rings. The van der Waals surface area contributed by atoms with Crippen molar-refractivity contribution < 1.29 is 4.79 Å². The number of rotatable bonds is 7. The lowest BCUT2D eigenvalue weighted by molar-refractivity contribution is 0.118. The van der Waals surface area contributed by atoms with E-state index < -0.39 is 0 Å². The highest BCUT2D eigenvalue weighted by Gasteiger charge is 2.32. The molecule has 1 aromatic heterocycles. The molecule has 0 aromatic carbocycles. The summed E-state index contributed by atoms with van der Waals surface area (Å²) in [5, 5.41) is 0.994. The maximum absolute atomic E-state index is 12.7. The summed E-state index contributed by atoms with van der Waals surface area (Å²) in [5.41, 5.74) is 2.24. The van der Waals surface area contributed by atoms with Crippen LogP contribution in [0.25, 0.3) is 0 Å². The third-order valence-electron chi connectivity index (χ3n) is 4.05. The second-order valence-corrected chi connectivity index (χ2v) is 6.34. The lowest BCUT2D eigenvalue weighted by atomic mass is 10.2. The lowest BCUT2D eigenvalue weighted by Gasteiger charge is -2.41. The van der Waals surface area contributed by atoms with Crippen LogP contribution in [0.5, 0.6) is 0 Å². The Labute approximate surface area is 137 Å². The Kier molecular flexibility index (Phi) is 5.97. The lowest BCUT2D eigenvalue weighted by Crippen LogP contribution is -2.58. The molecule has 2 heterocycles. The zero-order chi connectivity index (χ0) is 16.1. The molecule has 2 rings (SSSR count). The van der Waals surface area contributed by atoms with Gasteiger partial charge in [0, 0.05) is 18.7 Å². The van der Waals surface area contributed by atoms with Crippen LogP contribution in [0.4, 0.5) is 9.80 Å². The van der Waals surface area contributed by atoms with E-state index in [4.69, 9.17) is 0 Å². The van der Waals surface area contributed by atoms with Gasteiger partial charge in [0.2, 0.25) is 0 Å². The largest absolute Gasteiger partial charge is 0.327 e. The van der Waals surface area contributed by atoms with Gasteiger partial charge in [-0.2, -0.15) is 4.37 Å². The molecule has 1 aliphatic heterocycles. The first kappa shape index (κ1) is 17.0. The molecule has 0 bridgehead atoms. The molecule has 6 heteroatoms. The Morgan fingerprint density at radius 3 is 2.73 bits per heavy atom. The van der Waals surface area contributed by atoms with Crippen LogP contribution in [-0.4, -0.2) is 46.6 Å². The molecule has 0 radical (unpaired) electrons. The quantitative estimate of drug-likeness (QED) is 0.570. The monoisotopic (exact) mass is 322 g/mol. The van der Waals surface area contributed by atoms with Gasteiger partial charge in [0.25, 0.3) is 0 Å². The number of urea groups is 1. The number of aryl methyl sites for hydroxylation is 1. The standard InChI is InChI=1S/C16H26N4OS/c1-5-8-9-10-18-11-19(7-3)16(21)20(12-18)15-13(4)14(6-2)17-22-15/h5H,1,6-12H2,2-4H3. The molecule has 0 N–H and O–H groups in total. The van der Waals surface area contributed by atoms with Crippen molar-refractivity contribution in [1.82, 2.24) is 14.2 Å². The predicted octanol–water partition coefficient (Wildman–Crippen LogP) is 3.46. The highest BCUT2D eigenvalue weighted by molar-refractivity contribution is 7.10. The molecule has 1 fully saturated rings. The van der Waals surface area contributed by atoms with Gasteiger partial charge in [-0.3, -0.25) is 9.80 Å². The number of hydrogen-bond acceptors (Lipinski definition) is 4. The van der Waals surface area contributed by atoms with Gasteiger partial charge in [-0.15, -0.1) is 6.58 Å². The van der Waals surface area contributed by atoms with Gasteiger partial charge < -0.3 is 4.90 Å². The summed E-state index contributed by atoms with van der Waals surface area (Å²) in [6.45, 7) is 13.0. The fourth-order valence-corrected chi connectivity index (χ4v) is 3.66. The Morgan fingerprint density at radius 1 is 1.36 bits per heavy atom. The molecule has 122 valence electrons. The van der Waals surface area contributed by atoms with Crippen molar-refractivity contribution in [3.8, 4) is 0 Å². The third kappa shape index (κ3) is 3.50. The molecule has 0 atom stereocenters. The Balaban J connectivity index is 2.17. The summed E-state index contributed by atoms with van der Waals surface area (Å²) >= 11 is 1.44. The first-order valence-corrected chi connectivity index (χ1v) is 8.74. The molecule has 2 amide bonds. The minimum Gasteiger partial charge on any atom is -0.312 e. The first-order valence-electron chi connectivity index (χ1n) is 7.97. The van der Waals surface area contributed by atoms with E-state index in [1.807, 2.05) is 22.8 Å². The number of carbonyl (C=O) groups excluding carboxylic acids is 1. The summed E-state index contributed by atoms with van der Waals surface area (Å²) < 4.78 is 4.49. The van der Waals surface area contributed by atoms with Crippen LogP contribution in [0.3, 0.4) is 0 Å². The van der Waals surface area contributed by atoms with Gasteiger partial charge in [0.1, 0.15) is 5.00 Å². The topological polar surface area (TPSA) is 39.7 Å². The highest BCUT2D eigenvalue weighted by atomic mass is 32.1. The van der Waals surface area contributed by atoms with Crippen LogP contribution < -0.4 is 4.90 Å². The van der Waals surface area contributed by atoms with Crippen LogP contribution in [-0.2, 0) is 6.42 Å². The summed E-state index contributed by atoms with van der Waals surface area (Å²) in [6, 6.07) is 0.0943. The van der Waals surface area contributed by atoms with Crippen LogP contribution >= 0.6 is 11.5 Å². The van der Waals surface area contributed by atoms with E-state index in [9.17, 15) is 4.79 Å². The third-order valence-corrected chi connectivity index (χ3v) is 5.07. The minimum absolute atomic E-state index is 0.0943. The molecule has 5 nitrogen and oxygen atoms in total. The van der Waals surface area contributed by atoms with Crippen molar-refractivity contribution in [1.29, 1.82) is 0 Å². The van der Waals surface area contributed by atoms with Crippen molar-refractivity contribution in [3.63, 3.8) is 0 Å². The van der Waals surface area contributed by atoms with Crippen LogP contribution in [0.15, 0.2) is 12.7 Å².